The van der Waals surface area contributed by atoms with Gasteiger partial charge in [-0.2, -0.15) is 5.26 Å². The number of nitrogens with zero attached hydrogens (tertiary/aromatic N) is 1. The molecule has 1 aromatic rings. The van der Waals surface area contributed by atoms with Crippen molar-refractivity contribution in [1.82, 2.24) is 0 Å². The van der Waals surface area contributed by atoms with Gasteiger partial charge in [0.1, 0.15) is 11.4 Å². The molecule has 1 aliphatic heterocycles. The molecule has 1 aliphatic carbocycles. The molecule has 20 heavy (non-hydrogen) atoms. The van der Waals surface area contributed by atoms with Gasteiger partial charge in [0.05, 0.1) is 11.6 Å². The smallest absolute Gasteiger partial charge is 0.234 e. The number of nitriles is 1. The third kappa shape index (κ3) is 1.75. The van der Waals surface area contributed by atoms with E-state index >= 15 is 0 Å². The van der Waals surface area contributed by atoms with Gasteiger partial charge in [0.15, 0.2) is 0 Å². The minimum Gasteiger partial charge on any atom is -0.487 e. The number of carbonyl (C=O) groups is 2. The highest BCUT2D eigenvalue weighted by Crippen LogP contribution is 2.41. The number of carbonyl (C=O) groups excluding carboxylic acids is 2. The molecule has 1 heterocycles. The van der Waals surface area contributed by atoms with Gasteiger partial charge in [0.25, 0.3) is 0 Å². The molecule has 4 nitrogen and oxygen atoms in total. The first-order valence-corrected chi connectivity index (χ1v) is 6.49. The van der Waals surface area contributed by atoms with Crippen molar-refractivity contribution in [3.05, 3.63) is 40.5 Å². The van der Waals surface area contributed by atoms with Crippen molar-refractivity contribution in [2.24, 2.45) is 0 Å². The largest absolute Gasteiger partial charge is 0.487 e. The van der Waals surface area contributed by atoms with Gasteiger partial charge in [-0.1, -0.05) is 0 Å². The molecule has 0 saturated heterocycles. The lowest BCUT2D eigenvalue weighted by Gasteiger charge is -2.36. The number of ketones is 2. The summed E-state index contributed by atoms with van der Waals surface area (Å²) < 4.78 is 5.92. The van der Waals surface area contributed by atoms with Crippen molar-refractivity contribution in [1.29, 1.82) is 5.26 Å². The van der Waals surface area contributed by atoms with Gasteiger partial charge < -0.3 is 4.74 Å². The van der Waals surface area contributed by atoms with Crippen LogP contribution in [0.5, 0.6) is 0 Å². The second kappa shape index (κ2) is 4.04. The van der Waals surface area contributed by atoms with E-state index in [1.165, 1.54) is 6.07 Å². The summed E-state index contributed by atoms with van der Waals surface area (Å²) >= 11 is 0. The molecule has 0 saturated carbocycles. The van der Waals surface area contributed by atoms with Crippen LogP contribution in [0.25, 0.3) is 5.76 Å². The zero-order chi connectivity index (χ0) is 14.5. The van der Waals surface area contributed by atoms with Crippen molar-refractivity contribution in [2.75, 3.05) is 0 Å². The van der Waals surface area contributed by atoms with Crippen molar-refractivity contribution in [3.63, 3.8) is 0 Å². The Balaban J connectivity index is 2.23. The van der Waals surface area contributed by atoms with Crippen LogP contribution in [0.3, 0.4) is 0 Å². The van der Waals surface area contributed by atoms with Crippen molar-refractivity contribution in [2.45, 2.75) is 32.3 Å². The van der Waals surface area contributed by atoms with Crippen LogP contribution >= 0.6 is 0 Å². The zero-order valence-electron chi connectivity index (χ0n) is 11.3. The summed E-state index contributed by atoms with van der Waals surface area (Å²) in [6.45, 7) is 3.92. The Kier molecular flexibility index (Phi) is 2.55. The lowest BCUT2D eigenvalue weighted by atomic mass is 9.82. The molecular formula is C16H13NO3. The first-order valence-electron chi connectivity index (χ1n) is 6.49. The molecule has 0 fully saturated rings. The molecule has 0 atom stereocenters. The van der Waals surface area contributed by atoms with Gasteiger partial charge in [-0.3, -0.25) is 9.59 Å². The SMILES string of the molecule is CC1(C)CCC2=C(O1)c1ccc(C#N)cc1C(=O)C2=O. The minimum atomic E-state index is -0.542. The highest BCUT2D eigenvalue weighted by atomic mass is 16.5. The van der Waals surface area contributed by atoms with E-state index in [1.54, 1.807) is 12.1 Å². The van der Waals surface area contributed by atoms with E-state index < -0.39 is 11.6 Å². The maximum absolute atomic E-state index is 12.2. The Morgan fingerprint density at radius 3 is 2.65 bits per heavy atom. The molecule has 0 spiro atoms. The summed E-state index contributed by atoms with van der Waals surface area (Å²) in [7, 11) is 0. The molecule has 2 aliphatic rings. The molecular weight excluding hydrogens is 254 g/mol. The van der Waals surface area contributed by atoms with Gasteiger partial charge in [0.2, 0.25) is 11.6 Å². The Morgan fingerprint density at radius 2 is 1.95 bits per heavy atom. The quantitative estimate of drug-likeness (QED) is 0.678. The summed E-state index contributed by atoms with van der Waals surface area (Å²) in [6.07, 6.45) is 1.25. The fourth-order valence-electron chi connectivity index (χ4n) is 2.62. The number of hydrogen-bond acceptors (Lipinski definition) is 4. The van der Waals surface area contributed by atoms with Gasteiger partial charge >= 0.3 is 0 Å². The minimum absolute atomic E-state index is 0.269. The van der Waals surface area contributed by atoms with Crippen LogP contribution in [0.4, 0.5) is 0 Å². The highest BCUT2D eigenvalue weighted by Gasteiger charge is 2.39. The maximum atomic E-state index is 12.2. The van der Waals surface area contributed by atoms with Crippen LogP contribution in [0.15, 0.2) is 23.8 Å². The third-order valence-electron chi connectivity index (χ3n) is 3.75. The molecule has 3 rings (SSSR count). The molecule has 0 aromatic heterocycles. The number of allylic oxidation sites excluding steroid dienone is 1. The van der Waals surface area contributed by atoms with E-state index in [0.717, 1.165) is 0 Å². The lowest BCUT2D eigenvalue weighted by Crippen LogP contribution is -2.34. The summed E-state index contributed by atoms with van der Waals surface area (Å²) in [5.74, 6) is -0.539. The molecule has 4 heteroatoms. The summed E-state index contributed by atoms with van der Waals surface area (Å²) in [6, 6.07) is 6.77. The van der Waals surface area contributed by atoms with E-state index in [2.05, 4.69) is 0 Å². The van der Waals surface area contributed by atoms with Gasteiger partial charge in [0, 0.05) is 16.7 Å². The second-order valence-electron chi connectivity index (χ2n) is 5.70. The average molecular weight is 267 g/mol. The van der Waals surface area contributed by atoms with Crippen LogP contribution < -0.4 is 0 Å². The summed E-state index contributed by atoms with van der Waals surface area (Å²) in [5, 5.41) is 8.92. The summed E-state index contributed by atoms with van der Waals surface area (Å²) in [5.41, 5.74) is 1.36. The van der Waals surface area contributed by atoms with Crippen LogP contribution in [0, 0.1) is 11.3 Å². The first-order chi connectivity index (χ1) is 9.43. The highest BCUT2D eigenvalue weighted by molar-refractivity contribution is 6.52. The van der Waals surface area contributed by atoms with E-state index in [1.807, 2.05) is 19.9 Å². The Labute approximate surface area is 116 Å². The predicted molar refractivity (Wildman–Crippen MR) is 71.8 cm³/mol. The van der Waals surface area contributed by atoms with Crippen LogP contribution in [0.1, 0.15) is 48.2 Å². The molecule has 0 amide bonds. The number of ether oxygens (including phenoxy) is 1. The van der Waals surface area contributed by atoms with Crippen LogP contribution in [0.2, 0.25) is 0 Å². The number of rotatable bonds is 0. The number of hydrogen-bond donors (Lipinski definition) is 0. The van der Waals surface area contributed by atoms with Gasteiger partial charge in [-0.05, 0) is 44.9 Å². The van der Waals surface area contributed by atoms with Crippen LogP contribution in [-0.4, -0.2) is 17.2 Å². The zero-order valence-corrected chi connectivity index (χ0v) is 11.3. The molecule has 100 valence electrons. The van der Waals surface area contributed by atoms with E-state index in [0.29, 0.717) is 35.3 Å². The summed E-state index contributed by atoms with van der Waals surface area (Å²) in [4.78, 5) is 24.3. The second-order valence-corrected chi connectivity index (χ2v) is 5.70. The van der Waals surface area contributed by atoms with Gasteiger partial charge in [-0.25, -0.2) is 0 Å². The molecule has 0 radical (unpaired) electrons. The standard InChI is InChI=1S/C16H13NO3/c1-16(2)6-5-11-13(18)14(19)12-7-9(8-17)3-4-10(12)15(11)20-16/h3-4,7H,5-6H2,1-2H3. The molecule has 0 N–H and O–H groups in total. The van der Waals surface area contributed by atoms with Crippen molar-refractivity contribution >= 4 is 17.3 Å². The fraction of sp³-hybridized carbons (Fsp3) is 0.312. The fourth-order valence-corrected chi connectivity index (χ4v) is 2.62. The Morgan fingerprint density at radius 1 is 1.20 bits per heavy atom. The Hall–Kier alpha value is -2.41. The topological polar surface area (TPSA) is 67.2 Å². The third-order valence-corrected chi connectivity index (χ3v) is 3.75. The van der Waals surface area contributed by atoms with Crippen LogP contribution in [-0.2, 0) is 9.53 Å². The van der Waals surface area contributed by atoms with Crippen molar-refractivity contribution < 1.29 is 14.3 Å². The van der Waals surface area contributed by atoms with E-state index in [9.17, 15) is 9.59 Å². The van der Waals surface area contributed by atoms with Crippen molar-refractivity contribution in [3.8, 4) is 6.07 Å². The number of benzene rings is 1. The maximum Gasteiger partial charge on any atom is 0.234 e. The number of Topliss-reactive ketones (excluding diaryl/α,β-unsaturated/α-hetero) is 2. The Bertz CT molecular complexity index is 720. The predicted octanol–water partition coefficient (Wildman–Crippen LogP) is 2.62. The lowest BCUT2D eigenvalue weighted by molar-refractivity contribution is -0.112. The van der Waals surface area contributed by atoms with Gasteiger partial charge in [-0.15, -0.1) is 0 Å². The normalized spacial score (nSPS) is 19.9. The molecule has 1 aromatic carbocycles. The molecule has 0 unspecified atom stereocenters. The first kappa shape index (κ1) is 12.6. The average Bonchev–Trinajstić information content (AvgIpc) is 2.43. The van der Waals surface area contributed by atoms with E-state index in [4.69, 9.17) is 10.00 Å². The monoisotopic (exact) mass is 267 g/mol. The number of fused-ring (bicyclic) bond motifs is 2. The van der Waals surface area contributed by atoms with E-state index in [-0.39, 0.29) is 11.2 Å². The molecule has 0 bridgehead atoms.